The van der Waals surface area contributed by atoms with Gasteiger partial charge in [0.05, 0.1) is 6.61 Å². The van der Waals surface area contributed by atoms with Crippen LogP contribution in [0.1, 0.15) is 12.8 Å². The second-order valence-corrected chi connectivity index (χ2v) is 3.22. The normalized spacial score (nSPS) is 11.5. The molecule has 0 saturated carbocycles. The molecule has 96 valence electrons. The Morgan fingerprint density at radius 2 is 2.00 bits per heavy atom. The molecular weight excluding hydrogens is 225 g/mol. The summed E-state index contributed by atoms with van der Waals surface area (Å²) in [5, 5.41) is 5.36. The number of hydrogen-bond donors (Lipinski definition) is 2. The quantitative estimate of drug-likeness (QED) is 0.615. The fourth-order valence-corrected chi connectivity index (χ4v) is 0.965. The molecule has 0 unspecified atom stereocenters. The van der Waals surface area contributed by atoms with Crippen molar-refractivity contribution in [2.45, 2.75) is 19.0 Å². The molecule has 0 aliphatic carbocycles. The van der Waals surface area contributed by atoms with Crippen molar-refractivity contribution in [2.24, 2.45) is 0 Å². The fourth-order valence-electron chi connectivity index (χ4n) is 0.965. The summed E-state index contributed by atoms with van der Waals surface area (Å²) < 4.78 is 39.2. The van der Waals surface area contributed by atoms with Crippen LogP contribution in [-0.2, 0) is 9.53 Å². The van der Waals surface area contributed by atoms with Gasteiger partial charge in [0.15, 0.2) is 0 Å². The van der Waals surface area contributed by atoms with Crippen molar-refractivity contribution in [1.82, 2.24) is 10.6 Å². The lowest BCUT2D eigenvalue weighted by atomic mass is 10.3. The minimum atomic E-state index is -4.31. The highest BCUT2D eigenvalue weighted by molar-refractivity contribution is 5.75. The molecule has 1 amide bonds. The summed E-state index contributed by atoms with van der Waals surface area (Å²) in [5.74, 6) is -0.175. The number of nitrogens with one attached hydrogen (secondary N) is 2. The van der Waals surface area contributed by atoms with E-state index in [1.165, 1.54) is 0 Å². The zero-order chi connectivity index (χ0) is 12.4. The largest absolute Gasteiger partial charge is 0.411 e. The third kappa shape index (κ3) is 11.3. The highest BCUT2D eigenvalue weighted by Crippen LogP contribution is 2.13. The van der Waals surface area contributed by atoms with E-state index in [9.17, 15) is 18.0 Å². The predicted octanol–water partition coefficient (Wildman–Crippen LogP) is 0.681. The van der Waals surface area contributed by atoms with E-state index in [1.54, 1.807) is 7.05 Å². The van der Waals surface area contributed by atoms with Crippen LogP contribution < -0.4 is 10.6 Å². The third-order valence-electron chi connectivity index (χ3n) is 1.66. The van der Waals surface area contributed by atoms with Gasteiger partial charge in [0, 0.05) is 13.0 Å². The Morgan fingerprint density at radius 3 is 2.56 bits per heavy atom. The van der Waals surface area contributed by atoms with Crippen molar-refractivity contribution in [3.05, 3.63) is 0 Å². The minimum absolute atomic E-state index is 0.106. The van der Waals surface area contributed by atoms with E-state index in [1.807, 2.05) is 0 Å². The minimum Gasteiger partial charge on any atom is -0.370 e. The first-order valence-electron chi connectivity index (χ1n) is 5.01. The van der Waals surface area contributed by atoms with Crippen molar-refractivity contribution >= 4 is 5.91 Å². The number of hydrogen-bond acceptors (Lipinski definition) is 3. The van der Waals surface area contributed by atoms with Gasteiger partial charge in [0.2, 0.25) is 5.91 Å². The van der Waals surface area contributed by atoms with Crippen LogP contribution in [0.2, 0.25) is 0 Å². The number of halogens is 3. The molecule has 0 fully saturated rings. The van der Waals surface area contributed by atoms with Crippen molar-refractivity contribution in [1.29, 1.82) is 0 Å². The monoisotopic (exact) mass is 242 g/mol. The third-order valence-corrected chi connectivity index (χ3v) is 1.66. The van der Waals surface area contributed by atoms with Crippen LogP contribution in [0.25, 0.3) is 0 Å². The van der Waals surface area contributed by atoms with Crippen LogP contribution in [0.15, 0.2) is 0 Å². The molecule has 0 aromatic rings. The first kappa shape index (κ1) is 15.2. The van der Waals surface area contributed by atoms with E-state index in [2.05, 4.69) is 15.4 Å². The van der Waals surface area contributed by atoms with Crippen LogP contribution in [0.5, 0.6) is 0 Å². The van der Waals surface area contributed by atoms with Gasteiger partial charge < -0.3 is 15.4 Å². The van der Waals surface area contributed by atoms with Crippen LogP contribution in [-0.4, -0.2) is 45.4 Å². The highest BCUT2D eigenvalue weighted by Gasteiger charge is 2.27. The van der Waals surface area contributed by atoms with Crippen molar-refractivity contribution < 1.29 is 22.7 Å². The van der Waals surface area contributed by atoms with Crippen molar-refractivity contribution in [2.75, 3.05) is 33.4 Å². The van der Waals surface area contributed by atoms with Gasteiger partial charge in [-0.1, -0.05) is 0 Å². The number of ether oxygens (including phenoxy) is 1. The number of carbonyl (C=O) groups excluding carboxylic acids is 1. The topological polar surface area (TPSA) is 50.4 Å². The zero-order valence-electron chi connectivity index (χ0n) is 9.19. The molecule has 0 saturated heterocycles. The zero-order valence-corrected chi connectivity index (χ0v) is 9.19. The first-order chi connectivity index (χ1) is 7.45. The molecule has 0 aliphatic heterocycles. The SMILES string of the molecule is CNCCCC(=O)NCCOCC(F)(F)F. The molecule has 0 aliphatic rings. The van der Waals surface area contributed by atoms with Gasteiger partial charge in [-0.3, -0.25) is 4.79 Å². The lowest BCUT2D eigenvalue weighted by Crippen LogP contribution is -2.29. The first-order valence-corrected chi connectivity index (χ1v) is 5.01. The molecule has 0 atom stereocenters. The van der Waals surface area contributed by atoms with E-state index in [-0.39, 0.29) is 19.1 Å². The lowest BCUT2D eigenvalue weighted by Gasteiger charge is -2.08. The maximum atomic E-state index is 11.6. The predicted molar refractivity (Wildman–Crippen MR) is 53.0 cm³/mol. The number of amides is 1. The van der Waals surface area contributed by atoms with E-state index in [0.717, 1.165) is 6.54 Å². The Balaban J connectivity index is 3.28. The molecule has 4 nitrogen and oxygen atoms in total. The standard InChI is InChI=1S/C9H17F3N2O2/c1-13-4-2-3-8(15)14-5-6-16-7-9(10,11)12/h13H,2-7H2,1H3,(H,14,15). The fraction of sp³-hybridized carbons (Fsp3) is 0.889. The van der Waals surface area contributed by atoms with Crippen LogP contribution >= 0.6 is 0 Å². The van der Waals surface area contributed by atoms with Gasteiger partial charge in [-0.25, -0.2) is 0 Å². The summed E-state index contributed by atoms with van der Waals surface area (Å²) in [4.78, 5) is 11.1. The van der Waals surface area contributed by atoms with Gasteiger partial charge in [0.25, 0.3) is 0 Å². The Hall–Kier alpha value is -0.820. The maximum absolute atomic E-state index is 11.6. The molecule has 2 N–H and O–H groups in total. The van der Waals surface area contributed by atoms with Gasteiger partial charge in [-0.05, 0) is 20.0 Å². The number of alkyl halides is 3. The molecule has 0 aromatic carbocycles. The summed E-state index contributed by atoms with van der Waals surface area (Å²) in [6.45, 7) is -0.563. The Morgan fingerprint density at radius 1 is 1.31 bits per heavy atom. The van der Waals surface area contributed by atoms with Crippen molar-refractivity contribution in [3.63, 3.8) is 0 Å². The molecular formula is C9H17F3N2O2. The molecule has 0 radical (unpaired) electrons. The molecule has 0 aromatic heterocycles. The Kier molecular flexibility index (Phi) is 7.92. The second-order valence-electron chi connectivity index (χ2n) is 3.22. The average molecular weight is 242 g/mol. The van der Waals surface area contributed by atoms with Gasteiger partial charge in [-0.15, -0.1) is 0 Å². The molecule has 7 heteroatoms. The Labute approximate surface area is 92.5 Å². The van der Waals surface area contributed by atoms with Crippen LogP contribution in [0.3, 0.4) is 0 Å². The smallest absolute Gasteiger partial charge is 0.370 e. The number of carbonyl (C=O) groups is 1. The van der Waals surface area contributed by atoms with E-state index < -0.39 is 12.8 Å². The summed E-state index contributed by atoms with van der Waals surface area (Å²) in [5.41, 5.74) is 0. The lowest BCUT2D eigenvalue weighted by molar-refractivity contribution is -0.173. The molecule has 16 heavy (non-hydrogen) atoms. The summed E-state index contributed by atoms with van der Waals surface area (Å²) in [7, 11) is 1.78. The molecule has 0 spiro atoms. The highest BCUT2D eigenvalue weighted by atomic mass is 19.4. The van der Waals surface area contributed by atoms with Gasteiger partial charge >= 0.3 is 6.18 Å². The van der Waals surface area contributed by atoms with E-state index >= 15 is 0 Å². The van der Waals surface area contributed by atoms with Crippen molar-refractivity contribution in [3.8, 4) is 0 Å². The van der Waals surface area contributed by atoms with E-state index in [0.29, 0.717) is 12.8 Å². The second kappa shape index (κ2) is 8.35. The van der Waals surface area contributed by atoms with Crippen LogP contribution in [0.4, 0.5) is 13.2 Å². The summed E-state index contributed by atoms with van der Waals surface area (Å²) in [6, 6.07) is 0. The molecule has 0 bridgehead atoms. The van der Waals surface area contributed by atoms with Crippen LogP contribution in [0, 0.1) is 0 Å². The van der Waals surface area contributed by atoms with Gasteiger partial charge in [0.1, 0.15) is 6.61 Å². The Bertz CT molecular complexity index is 198. The van der Waals surface area contributed by atoms with E-state index in [4.69, 9.17) is 0 Å². The molecule has 0 rings (SSSR count). The maximum Gasteiger partial charge on any atom is 0.411 e. The number of rotatable bonds is 8. The van der Waals surface area contributed by atoms with Gasteiger partial charge in [-0.2, -0.15) is 13.2 Å². The summed E-state index contributed by atoms with van der Waals surface area (Å²) >= 11 is 0. The molecule has 0 heterocycles. The average Bonchev–Trinajstić information content (AvgIpc) is 2.16. The summed E-state index contributed by atoms with van der Waals surface area (Å²) in [6.07, 6.45) is -3.25.